The van der Waals surface area contributed by atoms with Gasteiger partial charge >= 0.3 is 5.97 Å². The van der Waals surface area contributed by atoms with Gasteiger partial charge in [0.05, 0.1) is 12.1 Å². The summed E-state index contributed by atoms with van der Waals surface area (Å²) in [6.45, 7) is 12.1. The Hall–Kier alpha value is -3.75. The van der Waals surface area contributed by atoms with Gasteiger partial charge in [0.1, 0.15) is 16.9 Å². The maximum absolute atomic E-state index is 13.0. The van der Waals surface area contributed by atoms with E-state index in [4.69, 9.17) is 16.3 Å². The number of halogens is 1. The van der Waals surface area contributed by atoms with Crippen molar-refractivity contribution in [2.75, 3.05) is 12.4 Å². The number of hydrogen-bond donors (Lipinski definition) is 2. The Balaban J connectivity index is 0.000000708. The molecular weight excluding hydrogens is 530 g/mol. The highest BCUT2D eigenvalue weighted by Gasteiger charge is 2.19. The number of hydrogen-bond acceptors (Lipinski definition) is 7. The smallest absolute Gasteiger partial charge is 0.310 e. The van der Waals surface area contributed by atoms with Crippen molar-refractivity contribution in [3.8, 4) is 11.3 Å². The summed E-state index contributed by atoms with van der Waals surface area (Å²) in [4.78, 5) is 39.4. The Bertz CT molecular complexity index is 1310. The zero-order valence-electron chi connectivity index (χ0n) is 24.1. The average Bonchev–Trinajstić information content (AvgIpc) is 2.84. The molecule has 0 saturated carbocycles. The van der Waals surface area contributed by atoms with E-state index in [1.54, 1.807) is 24.3 Å². The number of carbonyl (C=O) groups excluding carboxylic acids is 3. The normalized spacial score (nSPS) is 11.1. The largest absolute Gasteiger partial charge is 0.462 e. The van der Waals surface area contributed by atoms with Crippen molar-refractivity contribution in [3.05, 3.63) is 82.5 Å². The third-order valence-corrected chi connectivity index (χ3v) is 5.27. The van der Waals surface area contributed by atoms with Crippen LogP contribution < -0.4 is 10.6 Å². The first kappa shape index (κ1) is 32.5. The molecule has 0 unspecified atom stereocenters. The zero-order valence-corrected chi connectivity index (χ0v) is 24.9. The number of rotatable bonds is 8. The second-order valence-corrected chi connectivity index (χ2v) is 11.4. The highest BCUT2D eigenvalue weighted by Crippen LogP contribution is 2.24. The van der Waals surface area contributed by atoms with Gasteiger partial charge in [-0.2, -0.15) is 0 Å². The molecule has 214 valence electrons. The van der Waals surface area contributed by atoms with Crippen LogP contribution in [0.15, 0.2) is 60.7 Å². The van der Waals surface area contributed by atoms with Gasteiger partial charge in [-0.1, -0.05) is 48.0 Å². The molecule has 1 aromatic heterocycles. The molecule has 0 aliphatic carbocycles. The Morgan fingerprint density at radius 3 is 2.25 bits per heavy atom. The third kappa shape index (κ3) is 11.6. The van der Waals surface area contributed by atoms with Gasteiger partial charge < -0.3 is 20.1 Å². The van der Waals surface area contributed by atoms with Crippen molar-refractivity contribution in [2.45, 2.75) is 65.7 Å². The lowest BCUT2D eigenvalue weighted by Gasteiger charge is -2.20. The lowest BCUT2D eigenvalue weighted by atomic mass is 10.1. The van der Waals surface area contributed by atoms with E-state index in [9.17, 15) is 14.4 Å². The van der Waals surface area contributed by atoms with Crippen molar-refractivity contribution in [3.63, 3.8) is 0 Å². The summed E-state index contributed by atoms with van der Waals surface area (Å²) >= 11 is 6.32. The first-order valence-corrected chi connectivity index (χ1v) is 13.2. The summed E-state index contributed by atoms with van der Waals surface area (Å²) in [5.74, 6) is -0.782. The number of benzene rings is 2. The van der Waals surface area contributed by atoms with E-state index in [2.05, 4.69) is 20.4 Å². The van der Waals surface area contributed by atoms with E-state index in [0.29, 0.717) is 28.4 Å². The molecule has 0 aliphatic heterocycles. The van der Waals surface area contributed by atoms with Gasteiger partial charge in [-0.3, -0.25) is 14.4 Å². The molecule has 0 saturated heterocycles. The van der Waals surface area contributed by atoms with E-state index in [1.807, 2.05) is 78.9 Å². The Morgan fingerprint density at radius 2 is 1.65 bits per heavy atom. The van der Waals surface area contributed by atoms with Crippen LogP contribution in [0.25, 0.3) is 11.3 Å². The quantitative estimate of drug-likeness (QED) is 0.246. The van der Waals surface area contributed by atoms with Gasteiger partial charge in [-0.15, -0.1) is 0 Å². The molecule has 0 bridgehead atoms. The lowest BCUT2D eigenvalue weighted by molar-refractivity contribution is -0.154. The fourth-order valence-electron chi connectivity index (χ4n) is 3.47. The highest BCUT2D eigenvalue weighted by molar-refractivity contribution is 6.31. The number of ether oxygens (including phenoxy) is 2. The Labute approximate surface area is 241 Å². The lowest BCUT2D eigenvalue weighted by Crippen LogP contribution is -2.25. The van der Waals surface area contributed by atoms with Gasteiger partial charge in [0.2, 0.25) is 0 Å². The second kappa shape index (κ2) is 14.6. The van der Waals surface area contributed by atoms with Crippen LogP contribution in [0.5, 0.6) is 0 Å². The predicted molar refractivity (Wildman–Crippen MR) is 158 cm³/mol. The molecule has 0 spiro atoms. The molecule has 0 fully saturated rings. The molecule has 0 aliphatic rings. The molecule has 8 nitrogen and oxygen atoms in total. The van der Waals surface area contributed by atoms with Gasteiger partial charge in [0.15, 0.2) is 0 Å². The van der Waals surface area contributed by atoms with E-state index >= 15 is 0 Å². The molecule has 3 rings (SSSR count). The fraction of sp³-hybridized carbons (Fsp3) is 0.355. The van der Waals surface area contributed by atoms with Gasteiger partial charge in [0, 0.05) is 22.8 Å². The molecule has 2 N–H and O–H groups in total. The minimum Gasteiger partial charge on any atom is -0.462 e. The maximum Gasteiger partial charge on any atom is 0.310 e. The second-order valence-electron chi connectivity index (χ2n) is 11.0. The third-order valence-electron chi connectivity index (χ3n) is 5.05. The number of nitrogens with one attached hydrogen (secondary N) is 2. The number of amides is 1. The van der Waals surface area contributed by atoms with Gasteiger partial charge in [-0.05, 0) is 84.0 Å². The van der Waals surface area contributed by atoms with E-state index < -0.39 is 11.5 Å². The topological polar surface area (TPSA) is 107 Å². The first-order valence-electron chi connectivity index (χ1n) is 12.8. The standard InChI is InChI=1S/C26H28ClN3O3.C5H10O2/c1-26(2,3)33-24(31)13-19-9-5-6-11-21(19)30-25(32)23-15-20(27)14-22(29-23)18-10-7-8-17(12-18)16-28-4;1-5(2,3)7-4-6/h5-12,14-15,28H,13,16H2,1-4H3,(H,30,32);4H,1-3H3. The summed E-state index contributed by atoms with van der Waals surface area (Å²) in [5, 5.41) is 6.38. The van der Waals surface area contributed by atoms with E-state index in [1.165, 1.54) is 6.07 Å². The number of carbonyl (C=O) groups is 3. The highest BCUT2D eigenvalue weighted by atomic mass is 35.5. The Kier molecular flexibility index (Phi) is 11.8. The van der Waals surface area contributed by atoms with Crippen LogP contribution in [0, 0.1) is 0 Å². The molecule has 1 amide bonds. The average molecular weight is 568 g/mol. The number of anilines is 1. The summed E-state index contributed by atoms with van der Waals surface area (Å²) < 4.78 is 9.96. The molecule has 2 aromatic carbocycles. The van der Waals surface area contributed by atoms with Crippen LogP contribution >= 0.6 is 11.6 Å². The molecule has 1 heterocycles. The molecule has 9 heteroatoms. The van der Waals surface area contributed by atoms with Crippen LogP contribution in [0.4, 0.5) is 5.69 Å². The first-order chi connectivity index (χ1) is 18.7. The molecule has 3 aromatic rings. The van der Waals surface area contributed by atoms with Crippen LogP contribution in [0.3, 0.4) is 0 Å². The fourth-order valence-corrected chi connectivity index (χ4v) is 3.67. The van der Waals surface area contributed by atoms with Crippen LogP contribution in [0.1, 0.15) is 63.2 Å². The molecular formula is C31H38ClN3O5. The Morgan fingerprint density at radius 1 is 0.950 bits per heavy atom. The molecule has 40 heavy (non-hydrogen) atoms. The summed E-state index contributed by atoms with van der Waals surface area (Å²) in [5.41, 5.74) is 3.03. The zero-order chi connectivity index (χ0) is 29.9. The number of esters is 1. The summed E-state index contributed by atoms with van der Waals surface area (Å²) in [7, 11) is 1.88. The van der Waals surface area contributed by atoms with Crippen molar-refractivity contribution in [1.29, 1.82) is 0 Å². The molecule has 0 atom stereocenters. The van der Waals surface area contributed by atoms with Crippen LogP contribution in [-0.2, 0) is 32.0 Å². The van der Waals surface area contributed by atoms with Crippen molar-refractivity contribution >= 4 is 35.6 Å². The van der Waals surface area contributed by atoms with E-state index in [-0.39, 0.29) is 23.7 Å². The van der Waals surface area contributed by atoms with Crippen molar-refractivity contribution in [1.82, 2.24) is 10.3 Å². The van der Waals surface area contributed by atoms with Crippen LogP contribution in [-0.4, -0.2) is 41.6 Å². The monoisotopic (exact) mass is 567 g/mol. The number of aromatic nitrogens is 1. The maximum atomic E-state index is 13.0. The number of para-hydroxylation sites is 1. The predicted octanol–water partition coefficient (Wildman–Crippen LogP) is 6.22. The van der Waals surface area contributed by atoms with Crippen LogP contribution in [0.2, 0.25) is 5.02 Å². The van der Waals surface area contributed by atoms with Crippen molar-refractivity contribution in [2.24, 2.45) is 0 Å². The number of nitrogens with zero attached hydrogens (tertiary/aromatic N) is 1. The SMILES string of the molecule is CC(C)(C)OC=O.CNCc1cccc(-c2cc(Cl)cc(C(=O)Nc3ccccc3CC(=O)OC(C)(C)C)n2)c1. The molecule has 0 radical (unpaired) electrons. The summed E-state index contributed by atoms with van der Waals surface area (Å²) in [6, 6.07) is 18.3. The minimum atomic E-state index is -0.582. The summed E-state index contributed by atoms with van der Waals surface area (Å²) in [6.07, 6.45) is 0.0419. The minimum absolute atomic E-state index is 0.0419. The van der Waals surface area contributed by atoms with E-state index in [0.717, 1.165) is 17.7 Å². The van der Waals surface area contributed by atoms with Gasteiger partial charge in [0.25, 0.3) is 12.4 Å². The number of pyridine rings is 1. The van der Waals surface area contributed by atoms with Gasteiger partial charge in [-0.25, -0.2) is 4.98 Å². The van der Waals surface area contributed by atoms with Crippen molar-refractivity contribution < 1.29 is 23.9 Å².